The fraction of sp³-hybridized carbons (Fsp3) is 0. The molecule has 3 aromatic carbocycles. The van der Waals surface area contributed by atoms with Crippen LogP contribution >= 0.6 is 0 Å². The van der Waals surface area contributed by atoms with Crippen LogP contribution in [0.4, 0.5) is 0 Å². The van der Waals surface area contributed by atoms with Crippen LogP contribution in [0.5, 0.6) is 0 Å². The molecule has 0 atom stereocenters. The van der Waals surface area contributed by atoms with Gasteiger partial charge in [0.05, 0.1) is 12.4 Å². The molecule has 0 radical (unpaired) electrons. The molecule has 0 heterocycles. The highest BCUT2D eigenvalue weighted by Gasteiger charge is 2.15. The van der Waals surface area contributed by atoms with Gasteiger partial charge in [0, 0.05) is 0 Å². The standard InChI is InChI=1S/C24H20N2O6S2/c1-3-19-9-13-23(14-10-19)33(27,28)31-25-17-21-5-7-22(8-6-21)18-26-32-34(29,30)24-15-11-20(4-2)12-16-24/h3-18H,1-2H2. The number of hydrogen-bond donors (Lipinski definition) is 0. The van der Waals surface area contributed by atoms with Crippen LogP contribution in [0.25, 0.3) is 12.2 Å². The normalized spacial score (nSPS) is 12.0. The minimum absolute atomic E-state index is 0.0339. The molecular formula is C24H20N2O6S2. The van der Waals surface area contributed by atoms with E-state index >= 15 is 0 Å². The summed E-state index contributed by atoms with van der Waals surface area (Å²) in [5.41, 5.74) is 2.64. The van der Waals surface area contributed by atoms with Crippen molar-refractivity contribution in [3.05, 3.63) is 108 Å². The first-order chi connectivity index (χ1) is 16.2. The Kier molecular flexibility index (Phi) is 7.77. The van der Waals surface area contributed by atoms with E-state index in [0.29, 0.717) is 11.1 Å². The van der Waals surface area contributed by atoms with Gasteiger partial charge in [0.2, 0.25) is 0 Å². The molecule has 34 heavy (non-hydrogen) atoms. The van der Waals surface area contributed by atoms with Crippen molar-refractivity contribution in [3.63, 3.8) is 0 Å². The highest BCUT2D eigenvalue weighted by molar-refractivity contribution is 7.87. The van der Waals surface area contributed by atoms with E-state index in [1.54, 1.807) is 60.7 Å². The highest BCUT2D eigenvalue weighted by Crippen LogP contribution is 2.15. The molecule has 174 valence electrons. The summed E-state index contributed by atoms with van der Waals surface area (Å²) in [5.74, 6) is 0. The van der Waals surface area contributed by atoms with Gasteiger partial charge in [-0.05, 0) is 46.5 Å². The van der Waals surface area contributed by atoms with Crippen molar-refractivity contribution in [2.45, 2.75) is 9.79 Å². The molecule has 10 heteroatoms. The molecule has 0 aliphatic rings. The second-order valence-corrected chi connectivity index (χ2v) is 9.80. The van der Waals surface area contributed by atoms with E-state index in [4.69, 9.17) is 0 Å². The van der Waals surface area contributed by atoms with Gasteiger partial charge in [-0.25, -0.2) is 0 Å². The van der Waals surface area contributed by atoms with E-state index in [1.165, 1.54) is 36.7 Å². The van der Waals surface area contributed by atoms with Crippen molar-refractivity contribution in [2.75, 3.05) is 0 Å². The third kappa shape index (κ3) is 6.50. The maximum Gasteiger partial charge on any atom is 0.358 e. The average Bonchev–Trinajstić information content (AvgIpc) is 2.85. The fourth-order valence-corrected chi connectivity index (χ4v) is 4.00. The molecule has 0 saturated heterocycles. The lowest BCUT2D eigenvalue weighted by Gasteiger charge is -2.02. The number of nitrogens with zero attached hydrogens (tertiary/aromatic N) is 2. The van der Waals surface area contributed by atoms with Gasteiger partial charge < -0.3 is 0 Å². The minimum Gasteiger partial charge on any atom is -0.265 e. The Labute approximate surface area is 198 Å². The second kappa shape index (κ2) is 10.7. The molecule has 3 aromatic rings. The summed E-state index contributed by atoms with van der Waals surface area (Å²) in [6.45, 7) is 7.22. The zero-order valence-electron chi connectivity index (χ0n) is 17.8. The van der Waals surface area contributed by atoms with Gasteiger partial charge in [-0.3, -0.25) is 8.57 Å². The molecule has 8 nitrogen and oxygen atoms in total. The molecule has 0 aliphatic heterocycles. The molecule has 0 unspecified atom stereocenters. The molecule has 0 amide bonds. The third-order valence-electron chi connectivity index (χ3n) is 4.43. The molecule has 3 rings (SSSR count). The van der Waals surface area contributed by atoms with E-state index < -0.39 is 20.2 Å². The summed E-state index contributed by atoms with van der Waals surface area (Å²) in [6.07, 6.45) is 5.64. The summed E-state index contributed by atoms with van der Waals surface area (Å²) < 4.78 is 58.0. The topological polar surface area (TPSA) is 111 Å². The van der Waals surface area contributed by atoms with E-state index in [2.05, 4.69) is 32.0 Å². The minimum atomic E-state index is -4.05. The monoisotopic (exact) mass is 496 g/mol. The zero-order chi connectivity index (χ0) is 24.6. The van der Waals surface area contributed by atoms with Crippen LogP contribution in [0.2, 0.25) is 0 Å². The Morgan fingerprint density at radius 3 is 1.12 bits per heavy atom. The Morgan fingerprint density at radius 1 is 0.529 bits per heavy atom. The Balaban J connectivity index is 1.58. The Bertz CT molecular complexity index is 1310. The van der Waals surface area contributed by atoms with Crippen molar-refractivity contribution >= 4 is 44.8 Å². The van der Waals surface area contributed by atoms with Gasteiger partial charge in [-0.15, -0.1) is 0 Å². The summed E-state index contributed by atoms with van der Waals surface area (Å²) in [7, 11) is -8.10. The van der Waals surface area contributed by atoms with Crippen molar-refractivity contribution in [1.29, 1.82) is 0 Å². The molecule has 0 aromatic heterocycles. The van der Waals surface area contributed by atoms with E-state index in [0.717, 1.165) is 11.1 Å². The molecule has 0 spiro atoms. The summed E-state index contributed by atoms with van der Waals surface area (Å²) in [6, 6.07) is 18.4. The zero-order valence-corrected chi connectivity index (χ0v) is 19.4. The van der Waals surface area contributed by atoms with Gasteiger partial charge >= 0.3 is 20.2 Å². The summed E-state index contributed by atoms with van der Waals surface area (Å²) in [4.78, 5) is -0.0678. The van der Waals surface area contributed by atoms with Gasteiger partial charge in [0.25, 0.3) is 0 Å². The van der Waals surface area contributed by atoms with Crippen molar-refractivity contribution in [1.82, 2.24) is 0 Å². The van der Waals surface area contributed by atoms with E-state index in [-0.39, 0.29) is 9.79 Å². The molecule has 0 bridgehead atoms. The molecule has 0 N–H and O–H groups in total. The Hall–Kier alpha value is -4.02. The van der Waals surface area contributed by atoms with Crippen LogP contribution in [0.15, 0.2) is 106 Å². The van der Waals surface area contributed by atoms with Gasteiger partial charge in [-0.1, -0.05) is 84.2 Å². The second-order valence-electron chi connectivity index (χ2n) is 6.74. The van der Waals surface area contributed by atoms with Crippen LogP contribution in [-0.2, 0) is 28.8 Å². The smallest absolute Gasteiger partial charge is 0.265 e. The maximum absolute atomic E-state index is 12.2. The largest absolute Gasteiger partial charge is 0.358 e. The predicted molar refractivity (Wildman–Crippen MR) is 131 cm³/mol. The quantitative estimate of drug-likeness (QED) is 0.303. The van der Waals surface area contributed by atoms with Crippen LogP contribution in [0.3, 0.4) is 0 Å². The summed E-state index contributed by atoms with van der Waals surface area (Å²) in [5, 5.41) is 7.05. The predicted octanol–water partition coefficient (Wildman–Crippen LogP) is 4.45. The van der Waals surface area contributed by atoms with Gasteiger partial charge in [0.1, 0.15) is 9.79 Å². The van der Waals surface area contributed by atoms with Crippen molar-refractivity contribution in [3.8, 4) is 0 Å². The maximum atomic E-state index is 12.2. The van der Waals surface area contributed by atoms with Crippen molar-refractivity contribution in [2.24, 2.45) is 10.3 Å². The van der Waals surface area contributed by atoms with E-state index in [9.17, 15) is 16.8 Å². The number of hydrogen-bond acceptors (Lipinski definition) is 8. The SMILES string of the molecule is C=Cc1ccc(S(=O)(=O)ON=Cc2ccc(C=NOS(=O)(=O)c3ccc(C=C)cc3)cc2)cc1. The Morgan fingerprint density at radius 2 is 0.824 bits per heavy atom. The first-order valence-electron chi connectivity index (χ1n) is 9.73. The fourth-order valence-electron chi connectivity index (χ4n) is 2.57. The van der Waals surface area contributed by atoms with Gasteiger partial charge in [0.15, 0.2) is 0 Å². The van der Waals surface area contributed by atoms with Crippen LogP contribution < -0.4 is 0 Å². The van der Waals surface area contributed by atoms with Crippen LogP contribution in [0, 0.1) is 0 Å². The van der Waals surface area contributed by atoms with Crippen molar-refractivity contribution < 1.29 is 25.4 Å². The number of oxime groups is 2. The summed E-state index contributed by atoms with van der Waals surface area (Å²) >= 11 is 0. The molecule has 0 fully saturated rings. The van der Waals surface area contributed by atoms with Crippen LogP contribution in [-0.4, -0.2) is 29.3 Å². The van der Waals surface area contributed by atoms with Crippen LogP contribution in [0.1, 0.15) is 22.3 Å². The molecule has 0 saturated carbocycles. The van der Waals surface area contributed by atoms with Gasteiger partial charge in [-0.2, -0.15) is 16.8 Å². The number of benzene rings is 3. The molecular weight excluding hydrogens is 476 g/mol. The lowest BCUT2D eigenvalue weighted by molar-refractivity contribution is 0.340. The molecule has 0 aliphatic carbocycles. The first kappa shape index (κ1) is 24.6. The first-order valence-corrected chi connectivity index (χ1v) is 12.5. The average molecular weight is 497 g/mol. The van der Waals surface area contributed by atoms with E-state index in [1.807, 2.05) is 0 Å². The highest BCUT2D eigenvalue weighted by atomic mass is 32.2. The number of rotatable bonds is 10. The lowest BCUT2D eigenvalue weighted by Crippen LogP contribution is -2.03. The third-order valence-corrected chi connectivity index (χ3v) is 6.69. The lowest BCUT2D eigenvalue weighted by atomic mass is 10.2.